The zero-order valence-electron chi connectivity index (χ0n) is 11.7. The van der Waals surface area contributed by atoms with Gasteiger partial charge in [-0.3, -0.25) is 14.6 Å². The number of rotatable bonds is 4. The summed E-state index contributed by atoms with van der Waals surface area (Å²) in [5.74, 6) is -1.05. The molecule has 122 valence electrons. The number of pyridine rings is 1. The van der Waals surface area contributed by atoms with E-state index in [0.29, 0.717) is 5.69 Å². The summed E-state index contributed by atoms with van der Waals surface area (Å²) in [7, 11) is 0. The van der Waals surface area contributed by atoms with E-state index < -0.39 is 24.3 Å². The van der Waals surface area contributed by atoms with Crippen molar-refractivity contribution < 1.29 is 32.3 Å². The normalized spacial score (nSPS) is 22.4. The lowest BCUT2D eigenvalue weighted by molar-refractivity contribution is -0.274. The molecule has 0 aromatic carbocycles. The first-order chi connectivity index (χ1) is 10.4. The molecule has 0 aliphatic carbocycles. The maximum Gasteiger partial charge on any atom is 0.417 e. The average molecular weight is 320 g/mol. The van der Waals surface area contributed by atoms with E-state index in [1.807, 2.05) is 5.48 Å². The van der Waals surface area contributed by atoms with Crippen molar-refractivity contribution in [3.8, 4) is 0 Å². The number of carbonyl (C=O) groups is 1. The van der Waals surface area contributed by atoms with Crippen LogP contribution in [-0.2, 0) is 25.7 Å². The standard InChI is InChI=1S/C13H15F3N2O4/c1-8-3-2-4-9(17-8)7-22-18-12(19)10-11(13(14,15)16)21-6-5-20-10/h2-4,10-11H,5-7H2,1H3,(H,18,19)/t10-,11+/m1/s1. The second kappa shape index (κ2) is 7.03. The van der Waals surface area contributed by atoms with Crippen LogP contribution in [0.3, 0.4) is 0 Å². The molecule has 0 spiro atoms. The Balaban J connectivity index is 1.88. The summed E-state index contributed by atoms with van der Waals surface area (Å²) >= 11 is 0. The van der Waals surface area contributed by atoms with Crippen molar-refractivity contribution in [1.29, 1.82) is 0 Å². The number of carbonyl (C=O) groups excluding carboxylic acids is 1. The number of hydrogen-bond donors (Lipinski definition) is 1. The highest BCUT2D eigenvalue weighted by molar-refractivity contribution is 5.80. The quantitative estimate of drug-likeness (QED) is 0.847. The van der Waals surface area contributed by atoms with Gasteiger partial charge < -0.3 is 9.47 Å². The molecule has 1 aromatic rings. The minimum absolute atomic E-state index is 0.0717. The number of nitrogens with zero attached hydrogens (tertiary/aromatic N) is 1. The Morgan fingerprint density at radius 3 is 2.82 bits per heavy atom. The third kappa shape index (κ3) is 4.39. The Bertz CT molecular complexity index is 524. The van der Waals surface area contributed by atoms with Gasteiger partial charge >= 0.3 is 6.18 Å². The molecule has 22 heavy (non-hydrogen) atoms. The van der Waals surface area contributed by atoms with Gasteiger partial charge in [0, 0.05) is 5.69 Å². The molecule has 1 saturated heterocycles. The molecule has 1 aromatic heterocycles. The fourth-order valence-corrected chi connectivity index (χ4v) is 1.92. The summed E-state index contributed by atoms with van der Waals surface area (Å²) in [6.07, 6.45) is -8.79. The van der Waals surface area contributed by atoms with Gasteiger partial charge in [-0.25, -0.2) is 5.48 Å². The van der Waals surface area contributed by atoms with Gasteiger partial charge in [-0.15, -0.1) is 0 Å². The van der Waals surface area contributed by atoms with Crippen LogP contribution in [0.1, 0.15) is 11.4 Å². The molecule has 0 radical (unpaired) electrons. The average Bonchev–Trinajstić information content (AvgIpc) is 2.46. The summed E-state index contributed by atoms with van der Waals surface area (Å²) in [6.45, 7) is 1.40. The Morgan fingerprint density at radius 1 is 1.41 bits per heavy atom. The van der Waals surface area contributed by atoms with Crippen LogP contribution in [0.25, 0.3) is 0 Å². The van der Waals surface area contributed by atoms with E-state index in [1.165, 1.54) is 0 Å². The largest absolute Gasteiger partial charge is 0.417 e. The summed E-state index contributed by atoms with van der Waals surface area (Å²) in [5, 5.41) is 0. The van der Waals surface area contributed by atoms with Crippen molar-refractivity contribution in [2.24, 2.45) is 0 Å². The zero-order chi connectivity index (χ0) is 16.2. The van der Waals surface area contributed by atoms with Crippen LogP contribution in [0.5, 0.6) is 0 Å². The molecule has 2 heterocycles. The first-order valence-electron chi connectivity index (χ1n) is 6.52. The van der Waals surface area contributed by atoms with Gasteiger partial charge in [-0.1, -0.05) is 6.07 Å². The van der Waals surface area contributed by atoms with Crippen molar-refractivity contribution in [2.75, 3.05) is 13.2 Å². The molecular weight excluding hydrogens is 305 g/mol. The lowest BCUT2D eigenvalue weighted by Crippen LogP contribution is -2.54. The molecule has 2 rings (SSSR count). The lowest BCUT2D eigenvalue weighted by Gasteiger charge is -2.31. The van der Waals surface area contributed by atoms with E-state index in [1.54, 1.807) is 25.1 Å². The maximum atomic E-state index is 12.7. The van der Waals surface area contributed by atoms with Crippen LogP contribution in [0.2, 0.25) is 0 Å². The van der Waals surface area contributed by atoms with E-state index in [-0.39, 0.29) is 19.8 Å². The minimum Gasteiger partial charge on any atom is -0.363 e. The monoisotopic (exact) mass is 320 g/mol. The molecular formula is C13H15F3N2O4. The van der Waals surface area contributed by atoms with Crippen molar-refractivity contribution in [1.82, 2.24) is 10.5 Å². The third-order valence-electron chi connectivity index (χ3n) is 2.87. The van der Waals surface area contributed by atoms with Gasteiger partial charge in [0.15, 0.2) is 12.2 Å². The molecule has 1 fully saturated rings. The summed E-state index contributed by atoms with van der Waals surface area (Å²) in [4.78, 5) is 20.8. The number of hydroxylamine groups is 1. The molecule has 6 nitrogen and oxygen atoms in total. The van der Waals surface area contributed by atoms with Crippen LogP contribution in [0.4, 0.5) is 13.2 Å². The number of aryl methyl sites for hydroxylation is 1. The van der Waals surface area contributed by atoms with Gasteiger partial charge in [0.2, 0.25) is 0 Å². The first-order valence-corrected chi connectivity index (χ1v) is 6.52. The number of alkyl halides is 3. The highest BCUT2D eigenvalue weighted by Gasteiger charge is 2.51. The topological polar surface area (TPSA) is 69.7 Å². The van der Waals surface area contributed by atoms with Gasteiger partial charge in [-0.2, -0.15) is 13.2 Å². The minimum atomic E-state index is -4.69. The predicted molar refractivity (Wildman–Crippen MR) is 67.4 cm³/mol. The third-order valence-corrected chi connectivity index (χ3v) is 2.87. The maximum absolute atomic E-state index is 12.7. The van der Waals surface area contributed by atoms with E-state index in [0.717, 1.165) is 5.69 Å². The fraction of sp³-hybridized carbons (Fsp3) is 0.538. The van der Waals surface area contributed by atoms with E-state index in [4.69, 9.17) is 9.57 Å². The summed E-state index contributed by atoms with van der Waals surface area (Å²) in [5.41, 5.74) is 3.23. The van der Waals surface area contributed by atoms with E-state index >= 15 is 0 Å². The molecule has 0 bridgehead atoms. The van der Waals surface area contributed by atoms with Crippen molar-refractivity contribution in [2.45, 2.75) is 31.9 Å². The Morgan fingerprint density at radius 2 is 2.14 bits per heavy atom. The molecule has 2 atom stereocenters. The number of hydrogen-bond acceptors (Lipinski definition) is 5. The van der Waals surface area contributed by atoms with Crippen LogP contribution >= 0.6 is 0 Å². The number of nitrogens with one attached hydrogen (secondary N) is 1. The highest BCUT2D eigenvalue weighted by Crippen LogP contribution is 2.28. The van der Waals surface area contributed by atoms with Crippen LogP contribution < -0.4 is 5.48 Å². The first kappa shape index (κ1) is 16.7. The van der Waals surface area contributed by atoms with Gasteiger partial charge in [0.25, 0.3) is 5.91 Å². The van der Waals surface area contributed by atoms with Gasteiger partial charge in [0.05, 0.1) is 18.9 Å². The highest BCUT2D eigenvalue weighted by atomic mass is 19.4. The predicted octanol–water partition coefficient (Wildman–Crippen LogP) is 1.28. The van der Waals surface area contributed by atoms with Crippen LogP contribution in [0, 0.1) is 6.92 Å². The molecule has 1 N–H and O–H groups in total. The van der Waals surface area contributed by atoms with Gasteiger partial charge in [0.1, 0.15) is 6.61 Å². The number of halogens is 3. The van der Waals surface area contributed by atoms with E-state index in [9.17, 15) is 18.0 Å². The molecule has 1 aliphatic rings. The Labute approximate surface area is 124 Å². The summed E-state index contributed by atoms with van der Waals surface area (Å²) < 4.78 is 47.7. The lowest BCUT2D eigenvalue weighted by atomic mass is 10.1. The van der Waals surface area contributed by atoms with Crippen molar-refractivity contribution in [3.05, 3.63) is 29.6 Å². The number of ether oxygens (including phenoxy) is 2. The molecule has 0 saturated carbocycles. The van der Waals surface area contributed by atoms with Gasteiger partial charge in [-0.05, 0) is 19.1 Å². The smallest absolute Gasteiger partial charge is 0.363 e. The Kier molecular flexibility index (Phi) is 5.33. The Hall–Kier alpha value is -1.71. The summed E-state index contributed by atoms with van der Waals surface area (Å²) in [6, 6.07) is 5.20. The SMILES string of the molecule is Cc1cccc(CONC(=O)[C@@H]2OCCO[C@@H]2C(F)(F)F)n1. The van der Waals surface area contributed by atoms with Crippen molar-refractivity contribution in [3.63, 3.8) is 0 Å². The molecule has 1 amide bonds. The van der Waals surface area contributed by atoms with Crippen LogP contribution in [0.15, 0.2) is 18.2 Å². The number of amides is 1. The van der Waals surface area contributed by atoms with Crippen molar-refractivity contribution >= 4 is 5.91 Å². The molecule has 9 heteroatoms. The van der Waals surface area contributed by atoms with Crippen LogP contribution in [-0.4, -0.2) is 42.5 Å². The van der Waals surface area contributed by atoms with E-state index in [2.05, 4.69) is 9.72 Å². The molecule has 1 aliphatic heterocycles. The molecule has 0 unspecified atom stereocenters. The fourth-order valence-electron chi connectivity index (χ4n) is 1.92. The zero-order valence-corrected chi connectivity index (χ0v) is 11.7. The second-order valence-corrected chi connectivity index (χ2v) is 4.65. The number of aromatic nitrogens is 1. The second-order valence-electron chi connectivity index (χ2n) is 4.65.